The molecule has 0 bridgehead atoms. The van der Waals surface area contributed by atoms with Crippen LogP contribution in [0.25, 0.3) is 11.0 Å². The minimum Gasteiger partial charge on any atom is -0.497 e. The minimum absolute atomic E-state index is 0.114. The maximum atomic E-state index is 12.5. The van der Waals surface area contributed by atoms with Crippen molar-refractivity contribution in [3.05, 3.63) is 83.7 Å². The lowest BCUT2D eigenvalue weighted by Crippen LogP contribution is -2.33. The van der Waals surface area contributed by atoms with Crippen molar-refractivity contribution < 1.29 is 9.53 Å². The van der Waals surface area contributed by atoms with Crippen LogP contribution in [0.1, 0.15) is 15.9 Å². The molecule has 0 radical (unpaired) electrons. The van der Waals surface area contributed by atoms with E-state index >= 15 is 0 Å². The smallest absolute Gasteiger partial charge is 0.270 e. The lowest BCUT2D eigenvalue weighted by Gasteiger charge is -2.09. The first-order valence-corrected chi connectivity index (χ1v) is 9.13. The molecule has 1 amide bonds. The molecule has 2 N–H and O–H groups in total. The second-order valence-corrected chi connectivity index (χ2v) is 6.50. The van der Waals surface area contributed by atoms with Crippen LogP contribution in [0.2, 0.25) is 0 Å². The summed E-state index contributed by atoms with van der Waals surface area (Å²) < 4.78 is 8.16. The Balaban J connectivity index is 1.52. The average Bonchev–Trinajstić information content (AvgIpc) is 3.19. The highest BCUT2D eigenvalue weighted by Crippen LogP contribution is 2.11. The Hall–Kier alpha value is -3.94. The lowest BCUT2D eigenvalue weighted by atomic mass is 10.1. The molecule has 4 aromatic rings. The van der Waals surface area contributed by atoms with Gasteiger partial charge in [0.25, 0.3) is 5.91 Å². The molecule has 2 heterocycles. The normalized spacial score (nSPS) is 10.8. The fourth-order valence-electron chi connectivity index (χ4n) is 2.98. The van der Waals surface area contributed by atoms with Crippen LogP contribution in [0.5, 0.6) is 5.75 Å². The van der Waals surface area contributed by atoms with Crippen molar-refractivity contribution in [3.63, 3.8) is 0 Å². The van der Waals surface area contributed by atoms with E-state index in [0.29, 0.717) is 28.9 Å². The third-order valence-electron chi connectivity index (χ3n) is 4.58. The summed E-state index contributed by atoms with van der Waals surface area (Å²) >= 11 is 0. The molecule has 2 aromatic carbocycles. The van der Waals surface area contributed by atoms with E-state index in [0.717, 1.165) is 6.42 Å². The van der Waals surface area contributed by atoms with Crippen LogP contribution in [0, 0.1) is 5.41 Å². The first kappa shape index (κ1) is 18.4. The van der Waals surface area contributed by atoms with Crippen LogP contribution in [0.3, 0.4) is 0 Å². The molecule has 8 nitrogen and oxygen atoms in total. The minimum atomic E-state index is -0.344. The lowest BCUT2D eigenvalue weighted by molar-refractivity contribution is 0.101. The van der Waals surface area contributed by atoms with Gasteiger partial charge in [-0.2, -0.15) is 5.10 Å². The number of carbonyl (C=O) groups is 1. The van der Waals surface area contributed by atoms with E-state index in [9.17, 15) is 4.79 Å². The third-order valence-corrected chi connectivity index (χ3v) is 4.58. The monoisotopic (exact) mass is 388 g/mol. The molecule has 0 aliphatic heterocycles. The van der Waals surface area contributed by atoms with Crippen molar-refractivity contribution in [2.24, 2.45) is 0 Å². The Bertz CT molecular complexity index is 1200. The topological polar surface area (TPSA) is 97.8 Å². The fourth-order valence-corrected chi connectivity index (χ4v) is 2.98. The van der Waals surface area contributed by atoms with E-state index in [1.54, 1.807) is 42.3 Å². The summed E-state index contributed by atoms with van der Waals surface area (Å²) in [7, 11) is 1.57. The van der Waals surface area contributed by atoms with Crippen LogP contribution in [0.4, 0.5) is 0 Å². The Morgan fingerprint density at radius 2 is 1.90 bits per heavy atom. The number of aromatic nitrogens is 4. The molecule has 29 heavy (non-hydrogen) atoms. The van der Waals surface area contributed by atoms with Gasteiger partial charge in [-0.1, -0.05) is 30.3 Å². The van der Waals surface area contributed by atoms with Crippen molar-refractivity contribution in [2.75, 3.05) is 12.5 Å². The number of amides is 1. The van der Waals surface area contributed by atoms with Gasteiger partial charge in [0, 0.05) is 18.3 Å². The van der Waals surface area contributed by atoms with Gasteiger partial charge in [-0.15, -0.1) is 0 Å². The number of methoxy groups -OCH3 is 1. The quantitative estimate of drug-likeness (QED) is 0.530. The maximum absolute atomic E-state index is 12.5. The third kappa shape index (κ3) is 4.01. The number of benzene rings is 2. The molecule has 0 aliphatic rings. The van der Waals surface area contributed by atoms with E-state index in [2.05, 4.69) is 27.6 Å². The van der Waals surface area contributed by atoms with Crippen molar-refractivity contribution in [2.45, 2.75) is 13.0 Å². The highest BCUT2D eigenvalue weighted by molar-refractivity contribution is 6.00. The predicted molar refractivity (Wildman–Crippen MR) is 108 cm³/mol. The van der Waals surface area contributed by atoms with E-state index in [1.807, 2.05) is 18.2 Å². The number of nitrogens with zero attached hydrogens (tertiary/aromatic N) is 4. The van der Waals surface area contributed by atoms with E-state index in [-0.39, 0.29) is 11.4 Å². The molecule has 8 heteroatoms. The summed E-state index contributed by atoms with van der Waals surface area (Å²) in [6.07, 6.45) is 4.00. The van der Waals surface area contributed by atoms with Crippen molar-refractivity contribution in [3.8, 4) is 5.75 Å². The highest BCUT2D eigenvalue weighted by Gasteiger charge is 2.10. The molecule has 0 atom stereocenters. The van der Waals surface area contributed by atoms with Crippen molar-refractivity contribution in [1.82, 2.24) is 19.4 Å². The van der Waals surface area contributed by atoms with Gasteiger partial charge in [0.05, 0.1) is 12.5 Å². The van der Waals surface area contributed by atoms with Crippen LogP contribution < -0.4 is 15.7 Å². The predicted octanol–water partition coefficient (Wildman–Crippen LogP) is 2.35. The fraction of sp³-hybridized carbons (Fsp3) is 0.143. The van der Waals surface area contributed by atoms with Gasteiger partial charge in [-0.3, -0.25) is 20.3 Å². The van der Waals surface area contributed by atoms with Crippen LogP contribution in [-0.4, -0.2) is 32.5 Å². The van der Waals surface area contributed by atoms with E-state index in [4.69, 9.17) is 10.1 Å². The molecule has 0 fully saturated rings. The van der Waals surface area contributed by atoms with Crippen LogP contribution >= 0.6 is 0 Å². The summed E-state index contributed by atoms with van der Waals surface area (Å²) in [6.45, 7) is 0.679. The first-order valence-electron chi connectivity index (χ1n) is 9.13. The number of hydrogen-bond donors (Lipinski definition) is 2. The van der Waals surface area contributed by atoms with E-state index in [1.165, 1.54) is 16.6 Å². The zero-order valence-electron chi connectivity index (χ0n) is 15.9. The summed E-state index contributed by atoms with van der Waals surface area (Å²) in [5.41, 5.74) is 4.93. The van der Waals surface area contributed by atoms with Gasteiger partial charge in [-0.25, -0.2) is 9.66 Å². The summed E-state index contributed by atoms with van der Waals surface area (Å²) in [5.74, 6) is 0.324. The first-order chi connectivity index (χ1) is 14.1. The molecule has 4 rings (SSSR count). The largest absolute Gasteiger partial charge is 0.497 e. The van der Waals surface area contributed by atoms with Gasteiger partial charge >= 0.3 is 0 Å². The number of ether oxygens (including phenoxy) is 1. The zero-order chi connectivity index (χ0) is 20.2. The van der Waals surface area contributed by atoms with Crippen LogP contribution in [-0.2, 0) is 13.0 Å². The molecule has 0 saturated carbocycles. The number of rotatable bonds is 6. The van der Waals surface area contributed by atoms with Crippen LogP contribution in [0.15, 0.2) is 67.1 Å². The number of carbonyl (C=O) groups excluding carboxylic acids is 1. The molecule has 0 saturated heterocycles. The molecular weight excluding hydrogens is 368 g/mol. The van der Waals surface area contributed by atoms with E-state index < -0.39 is 0 Å². The molecular formula is C21H20N6O2. The van der Waals surface area contributed by atoms with Gasteiger partial charge in [0.2, 0.25) is 0 Å². The summed E-state index contributed by atoms with van der Waals surface area (Å²) in [5, 5.41) is 13.4. The number of aryl methyl sites for hydroxylation is 2. The Kier molecular flexibility index (Phi) is 5.07. The van der Waals surface area contributed by atoms with Gasteiger partial charge in [0.1, 0.15) is 12.1 Å². The summed E-state index contributed by atoms with van der Waals surface area (Å²) in [4.78, 5) is 16.7. The number of hydrogen-bond acceptors (Lipinski definition) is 5. The van der Waals surface area contributed by atoms with Crippen molar-refractivity contribution in [1.29, 1.82) is 5.41 Å². The van der Waals surface area contributed by atoms with Gasteiger partial charge in [0.15, 0.2) is 11.1 Å². The Morgan fingerprint density at radius 1 is 1.14 bits per heavy atom. The number of fused-ring (bicyclic) bond motifs is 1. The SMILES string of the molecule is COc1ccc(C(=O)Nn2cnc3nn(CCc4ccccc4)cc3c2=N)cc1. The molecule has 0 aliphatic carbocycles. The average molecular weight is 388 g/mol. The maximum Gasteiger partial charge on any atom is 0.270 e. The molecule has 0 spiro atoms. The second-order valence-electron chi connectivity index (χ2n) is 6.50. The van der Waals surface area contributed by atoms with Gasteiger partial charge < -0.3 is 4.74 Å². The highest BCUT2D eigenvalue weighted by atomic mass is 16.5. The van der Waals surface area contributed by atoms with Crippen molar-refractivity contribution >= 4 is 16.9 Å². The Morgan fingerprint density at radius 3 is 2.62 bits per heavy atom. The number of nitrogens with one attached hydrogen (secondary N) is 2. The molecule has 0 unspecified atom stereocenters. The Labute approximate surface area is 166 Å². The molecule has 146 valence electrons. The molecule has 2 aromatic heterocycles. The summed E-state index contributed by atoms with van der Waals surface area (Å²) in [6, 6.07) is 16.9. The standard InChI is InChI=1S/C21H20N6O2/c1-29-17-9-7-16(8-10-17)21(28)25-27-14-23-20-18(19(27)22)13-26(24-20)12-11-15-5-3-2-4-6-15/h2-10,13-14,22H,11-12H2,1H3,(H,25,28). The zero-order valence-corrected chi connectivity index (χ0v) is 15.9. The second kappa shape index (κ2) is 7.97. The van der Waals surface area contributed by atoms with Gasteiger partial charge in [-0.05, 0) is 36.2 Å².